The Morgan fingerprint density at radius 3 is 2.42 bits per heavy atom. The van der Waals surface area contributed by atoms with Crippen LogP contribution in [0.25, 0.3) is 0 Å². The molecule has 0 aliphatic heterocycles. The molecule has 1 rings (SSSR count). The highest BCUT2D eigenvalue weighted by molar-refractivity contribution is 5.93. The summed E-state index contributed by atoms with van der Waals surface area (Å²) in [7, 11) is 0. The number of nitrogens with two attached hydrogens (primary N) is 2. The third-order valence-corrected chi connectivity index (χ3v) is 3.73. The van der Waals surface area contributed by atoms with Gasteiger partial charge in [-0.05, 0) is 18.6 Å². The summed E-state index contributed by atoms with van der Waals surface area (Å²) in [6.45, 7) is 3.59. The molecule has 8 heteroatoms. The Labute approximate surface area is 141 Å². The normalized spacial score (nSPS) is 12.9. The lowest BCUT2D eigenvalue weighted by Crippen LogP contribution is -2.70. The number of hydrogen-bond donors (Lipinski definition) is 3. The van der Waals surface area contributed by atoms with Gasteiger partial charge >= 0.3 is 6.03 Å². The molecule has 0 aliphatic carbocycles. The lowest BCUT2D eigenvalue weighted by atomic mass is 9.99. The predicted molar refractivity (Wildman–Crippen MR) is 89.5 cm³/mol. The van der Waals surface area contributed by atoms with Crippen molar-refractivity contribution in [3.8, 4) is 0 Å². The number of carbonyl (C=O) groups is 3. The van der Waals surface area contributed by atoms with Crippen LogP contribution in [0.4, 0.5) is 4.79 Å². The summed E-state index contributed by atoms with van der Waals surface area (Å²) >= 11 is 0. The summed E-state index contributed by atoms with van der Waals surface area (Å²) in [4.78, 5) is 41.3. The van der Waals surface area contributed by atoms with Crippen LogP contribution < -0.4 is 16.8 Å². The largest absolute Gasteiger partial charge is 0.366 e. The Balaban J connectivity index is 3.13. The second-order valence-electron chi connectivity index (χ2n) is 5.44. The van der Waals surface area contributed by atoms with Crippen molar-refractivity contribution in [3.63, 3.8) is 0 Å². The van der Waals surface area contributed by atoms with Gasteiger partial charge in [0.2, 0.25) is 5.91 Å². The maximum Gasteiger partial charge on any atom is 0.317 e. The van der Waals surface area contributed by atoms with Gasteiger partial charge in [0.1, 0.15) is 0 Å². The van der Waals surface area contributed by atoms with Crippen molar-refractivity contribution < 1.29 is 14.4 Å². The van der Waals surface area contributed by atoms with E-state index in [9.17, 15) is 14.4 Å². The van der Waals surface area contributed by atoms with Gasteiger partial charge in [-0.3, -0.25) is 19.5 Å². The third kappa shape index (κ3) is 4.68. The maximum atomic E-state index is 12.2. The van der Waals surface area contributed by atoms with E-state index in [2.05, 4.69) is 10.3 Å². The Bertz CT molecular complexity index is 578. The molecule has 0 saturated heterocycles. The van der Waals surface area contributed by atoms with Gasteiger partial charge in [0, 0.05) is 31.3 Å². The molecule has 0 radical (unpaired) electrons. The molecule has 0 bridgehead atoms. The molecule has 0 saturated carbocycles. The summed E-state index contributed by atoms with van der Waals surface area (Å²) < 4.78 is 0. The van der Waals surface area contributed by atoms with Crippen molar-refractivity contribution in [2.45, 2.75) is 45.2 Å². The van der Waals surface area contributed by atoms with E-state index in [1.807, 2.05) is 13.0 Å². The fraction of sp³-hybridized carbons (Fsp3) is 0.500. The van der Waals surface area contributed by atoms with Gasteiger partial charge in [-0.15, -0.1) is 0 Å². The van der Waals surface area contributed by atoms with Crippen molar-refractivity contribution in [1.82, 2.24) is 15.2 Å². The van der Waals surface area contributed by atoms with E-state index in [4.69, 9.17) is 11.5 Å². The number of nitrogens with one attached hydrogen (secondary N) is 1. The fourth-order valence-electron chi connectivity index (χ4n) is 2.53. The highest BCUT2D eigenvalue weighted by Gasteiger charge is 2.44. The van der Waals surface area contributed by atoms with Crippen LogP contribution in [0.3, 0.4) is 0 Å². The van der Waals surface area contributed by atoms with Crippen LogP contribution >= 0.6 is 0 Å². The molecule has 1 unspecified atom stereocenters. The monoisotopic (exact) mass is 335 g/mol. The number of rotatable bonds is 9. The SMILES string of the molecule is CCCC(NC(=O)CC)(C(N)=O)N(CCc1ccccn1)C(N)=O. The number of urea groups is 1. The first-order chi connectivity index (χ1) is 11.4. The highest BCUT2D eigenvalue weighted by atomic mass is 16.2. The van der Waals surface area contributed by atoms with Crippen molar-refractivity contribution in [2.75, 3.05) is 6.54 Å². The number of hydrogen-bond acceptors (Lipinski definition) is 4. The molecule has 5 N–H and O–H groups in total. The minimum atomic E-state index is -1.64. The van der Waals surface area contributed by atoms with Gasteiger partial charge in [-0.2, -0.15) is 0 Å². The molecule has 8 nitrogen and oxygen atoms in total. The van der Waals surface area contributed by atoms with E-state index in [0.717, 1.165) is 10.6 Å². The van der Waals surface area contributed by atoms with Crippen LogP contribution in [0.1, 0.15) is 38.8 Å². The molecule has 0 spiro atoms. The Kier molecular flexibility index (Phi) is 7.16. The maximum absolute atomic E-state index is 12.2. The van der Waals surface area contributed by atoms with Crippen molar-refractivity contribution in [2.24, 2.45) is 11.5 Å². The second-order valence-corrected chi connectivity index (χ2v) is 5.44. The summed E-state index contributed by atoms with van der Waals surface area (Å²) in [5.41, 5.74) is 10.1. The molecule has 0 aromatic carbocycles. The van der Waals surface area contributed by atoms with Gasteiger partial charge in [0.25, 0.3) is 5.91 Å². The average molecular weight is 335 g/mol. The molecule has 4 amide bonds. The zero-order valence-electron chi connectivity index (χ0n) is 14.1. The lowest BCUT2D eigenvalue weighted by Gasteiger charge is -2.41. The molecule has 1 aromatic rings. The molecule has 24 heavy (non-hydrogen) atoms. The number of carbonyl (C=O) groups excluding carboxylic acids is 3. The summed E-state index contributed by atoms with van der Waals surface area (Å²) in [6, 6.07) is 4.58. The van der Waals surface area contributed by atoms with Gasteiger partial charge in [0.15, 0.2) is 5.66 Å². The number of pyridine rings is 1. The Morgan fingerprint density at radius 2 is 1.96 bits per heavy atom. The van der Waals surface area contributed by atoms with Crippen LogP contribution in [-0.4, -0.2) is 39.9 Å². The molecular formula is C16H25N5O3. The third-order valence-electron chi connectivity index (χ3n) is 3.73. The quantitative estimate of drug-likeness (QED) is 0.567. The number of primary amides is 2. The van der Waals surface area contributed by atoms with Crippen molar-refractivity contribution in [1.29, 1.82) is 0 Å². The molecular weight excluding hydrogens is 310 g/mol. The smallest absolute Gasteiger partial charge is 0.317 e. The Morgan fingerprint density at radius 1 is 1.25 bits per heavy atom. The van der Waals surface area contributed by atoms with E-state index in [-0.39, 0.29) is 25.3 Å². The zero-order valence-corrected chi connectivity index (χ0v) is 14.1. The molecule has 132 valence electrons. The first-order valence-corrected chi connectivity index (χ1v) is 7.95. The van der Waals surface area contributed by atoms with Crippen LogP contribution in [0.15, 0.2) is 24.4 Å². The van der Waals surface area contributed by atoms with Crippen LogP contribution in [0, 0.1) is 0 Å². The Hall–Kier alpha value is -2.64. The van der Waals surface area contributed by atoms with E-state index < -0.39 is 17.6 Å². The molecule has 1 atom stereocenters. The first-order valence-electron chi connectivity index (χ1n) is 7.95. The average Bonchev–Trinajstić information content (AvgIpc) is 2.55. The lowest BCUT2D eigenvalue weighted by molar-refractivity contribution is -0.138. The standard InChI is InChI=1S/C16H25N5O3/c1-3-9-16(14(17)23,20-13(22)4-2)21(15(18)24)11-8-12-7-5-6-10-19-12/h5-7,10H,3-4,8-9,11H2,1-2H3,(H2,17,23)(H2,18,24)(H,20,22). The number of nitrogens with zero attached hydrogens (tertiary/aromatic N) is 2. The number of aromatic nitrogens is 1. The van der Waals surface area contributed by atoms with Gasteiger partial charge < -0.3 is 16.8 Å². The van der Waals surface area contributed by atoms with E-state index >= 15 is 0 Å². The highest BCUT2D eigenvalue weighted by Crippen LogP contribution is 2.20. The second kappa shape index (κ2) is 8.85. The minimum Gasteiger partial charge on any atom is -0.366 e. The van der Waals surface area contributed by atoms with Crippen molar-refractivity contribution in [3.05, 3.63) is 30.1 Å². The fourth-order valence-corrected chi connectivity index (χ4v) is 2.53. The number of amides is 4. The van der Waals surface area contributed by atoms with Crippen LogP contribution in [-0.2, 0) is 16.0 Å². The van der Waals surface area contributed by atoms with Crippen molar-refractivity contribution >= 4 is 17.8 Å². The summed E-state index contributed by atoms with van der Waals surface area (Å²) in [5.74, 6) is -1.20. The van der Waals surface area contributed by atoms with E-state index in [1.54, 1.807) is 25.3 Å². The van der Waals surface area contributed by atoms with Gasteiger partial charge in [0.05, 0.1) is 0 Å². The minimum absolute atomic E-state index is 0.110. The topological polar surface area (TPSA) is 131 Å². The van der Waals surface area contributed by atoms with Crippen LogP contribution in [0.5, 0.6) is 0 Å². The molecule has 0 aliphatic rings. The molecule has 1 aromatic heterocycles. The zero-order chi connectivity index (χ0) is 18.2. The van der Waals surface area contributed by atoms with Gasteiger partial charge in [-0.1, -0.05) is 26.3 Å². The van der Waals surface area contributed by atoms with E-state index in [1.165, 1.54) is 0 Å². The first kappa shape index (κ1) is 19.4. The predicted octanol–water partition coefficient (Wildman–Crippen LogP) is 0.513. The molecule has 0 fully saturated rings. The van der Waals surface area contributed by atoms with Crippen LogP contribution in [0.2, 0.25) is 0 Å². The summed E-state index contributed by atoms with van der Waals surface area (Å²) in [5, 5.41) is 2.59. The summed E-state index contributed by atoms with van der Waals surface area (Å²) in [6.07, 6.45) is 2.88. The molecule has 1 heterocycles. The van der Waals surface area contributed by atoms with Gasteiger partial charge in [-0.25, -0.2) is 4.79 Å². The van der Waals surface area contributed by atoms with E-state index in [0.29, 0.717) is 12.8 Å².